The predicted octanol–water partition coefficient (Wildman–Crippen LogP) is 5.03. The number of amides is 4. The lowest BCUT2D eigenvalue weighted by Crippen LogP contribution is -2.69. The maximum absolute atomic E-state index is 14.2. The number of β-amino-alcohol motifs (C(OH)–C–C–N with tert-alkyl or cyclic N) is 1. The number of nitrogens with zero attached hydrogens (tertiary/aromatic N) is 7. The van der Waals surface area contributed by atoms with Gasteiger partial charge < -0.3 is 40.5 Å². The molecule has 7 heterocycles. The molecule has 1 aliphatic carbocycles. The number of carbonyl (C=O) groups is 3. The van der Waals surface area contributed by atoms with Gasteiger partial charge in [0.15, 0.2) is 5.65 Å². The van der Waals surface area contributed by atoms with Crippen LogP contribution in [0.15, 0.2) is 54.6 Å². The number of aliphatic hydroxyl groups is 1. The highest BCUT2D eigenvalue weighted by Crippen LogP contribution is 2.52. The van der Waals surface area contributed by atoms with E-state index in [0.29, 0.717) is 47.9 Å². The van der Waals surface area contributed by atoms with Crippen molar-refractivity contribution >= 4 is 28.9 Å². The number of phenols is 1. The fourth-order valence-electron chi connectivity index (χ4n) is 12.6. The normalized spacial score (nSPS) is 24.6. The lowest BCUT2D eigenvalue weighted by atomic mass is 9.59. The Kier molecular flexibility index (Phi) is 12.5. The van der Waals surface area contributed by atoms with Crippen molar-refractivity contribution in [2.75, 3.05) is 52.4 Å². The number of hydrogen-bond donors (Lipinski definition) is 5. The van der Waals surface area contributed by atoms with Crippen LogP contribution in [0.2, 0.25) is 0 Å². The molecule has 68 heavy (non-hydrogen) atoms. The lowest BCUT2D eigenvalue weighted by Gasteiger charge is -2.63. The van der Waals surface area contributed by atoms with Crippen molar-refractivity contribution in [2.45, 2.75) is 128 Å². The SMILES string of the molecule is C#Cc1ccc(CNC(=O)[C@@H]2C[C@@H](O)CN2C(=O)[C@@H](NC(=O)N2CCC(N3CC4(CC(N5CCC(N6CCc7[nH]c8nnc(-c9ccccc9O)cc8c7[C@H]6C)CC5)C4)C3)CC2)C(C)(C)C)cc1. The molecule has 0 bridgehead atoms. The molecule has 5 aliphatic heterocycles. The molecule has 2 aromatic carbocycles. The number of fused-ring (bicyclic) bond motifs is 3. The molecule has 4 atom stereocenters. The largest absolute Gasteiger partial charge is 0.507 e. The summed E-state index contributed by atoms with van der Waals surface area (Å²) in [6.45, 7) is 15.2. The Balaban J connectivity index is 0.667. The Hall–Kier alpha value is -5.53. The summed E-state index contributed by atoms with van der Waals surface area (Å²) in [4.78, 5) is 56.4. The molecule has 0 unspecified atom stereocenters. The van der Waals surface area contributed by atoms with E-state index >= 15 is 0 Å². The number of urea groups is 1. The van der Waals surface area contributed by atoms with E-state index in [0.717, 1.165) is 74.1 Å². The zero-order chi connectivity index (χ0) is 47.5. The summed E-state index contributed by atoms with van der Waals surface area (Å²) in [5.74, 6) is 2.10. The molecular formula is C53H68N10O5. The molecule has 4 amide bonds. The fraction of sp³-hybridized carbons (Fsp3) is 0.566. The molecule has 4 aromatic rings. The third-order valence-corrected chi connectivity index (χ3v) is 16.4. The van der Waals surface area contributed by atoms with Crippen molar-refractivity contribution in [3.05, 3.63) is 77.0 Å². The van der Waals surface area contributed by atoms with Crippen LogP contribution >= 0.6 is 0 Å². The van der Waals surface area contributed by atoms with Gasteiger partial charge in [-0.05, 0) is 111 Å². The molecule has 1 spiro atoms. The molecule has 5 fully saturated rings. The average molecular weight is 925 g/mol. The van der Waals surface area contributed by atoms with Crippen LogP contribution in [-0.2, 0) is 22.6 Å². The number of nitrogens with one attached hydrogen (secondary N) is 3. The summed E-state index contributed by atoms with van der Waals surface area (Å²) in [6, 6.07) is 16.7. The standard InChI is InChI=1S/C53H68N10O5/c1-6-34-11-13-35(14-12-34)29-54-49(66)44-25-39(64)30-63(44)50(67)47(52(3,4)5)56-51(68)60-22-15-36(16-23-60)61-31-53(32-61)27-38(28-53)59-20-17-37(18-21-59)62-24-19-42-46(33(62)2)41-26-43(57-58-48(41)55-42)40-9-7-8-10-45(40)65/h1,7-14,26,33,36-39,44,47,64-65H,15-25,27-32H2,2-5H3,(H,54,66)(H,55,58)(H,56,68)/t33-,39-,44+,47-/m1/s1. The molecule has 15 nitrogen and oxygen atoms in total. The van der Waals surface area contributed by atoms with E-state index in [-0.39, 0.29) is 49.1 Å². The van der Waals surface area contributed by atoms with Gasteiger partial charge in [0, 0.05) is 105 Å². The van der Waals surface area contributed by atoms with Crippen LogP contribution in [0, 0.1) is 23.2 Å². The summed E-state index contributed by atoms with van der Waals surface area (Å²) in [6.07, 6.45) is 12.5. The van der Waals surface area contributed by atoms with Crippen molar-refractivity contribution in [1.82, 2.24) is 50.3 Å². The number of hydrogen-bond acceptors (Lipinski definition) is 10. The Morgan fingerprint density at radius 3 is 2.32 bits per heavy atom. The molecular weight excluding hydrogens is 857 g/mol. The first-order valence-corrected chi connectivity index (χ1v) is 24.9. The van der Waals surface area contributed by atoms with Gasteiger partial charge in [-0.15, -0.1) is 16.6 Å². The number of phenolic OH excluding ortho intramolecular Hbond substituents is 1. The maximum atomic E-state index is 14.2. The van der Waals surface area contributed by atoms with Gasteiger partial charge in [0.2, 0.25) is 11.8 Å². The van der Waals surface area contributed by atoms with Gasteiger partial charge in [-0.2, -0.15) is 0 Å². The molecule has 6 aliphatic rings. The van der Waals surface area contributed by atoms with Crippen LogP contribution in [0.4, 0.5) is 4.79 Å². The molecule has 2 aromatic heterocycles. The topological polar surface area (TPSA) is 173 Å². The third-order valence-electron chi connectivity index (χ3n) is 16.4. The van der Waals surface area contributed by atoms with Crippen molar-refractivity contribution in [3.8, 4) is 29.4 Å². The fourth-order valence-corrected chi connectivity index (χ4v) is 12.6. The molecule has 10 rings (SSSR count). The number of aromatic hydroxyl groups is 1. The predicted molar refractivity (Wildman–Crippen MR) is 260 cm³/mol. The third kappa shape index (κ3) is 8.96. The van der Waals surface area contributed by atoms with Crippen LogP contribution in [0.5, 0.6) is 5.75 Å². The van der Waals surface area contributed by atoms with E-state index in [1.54, 1.807) is 6.07 Å². The quantitative estimate of drug-likeness (QED) is 0.144. The van der Waals surface area contributed by atoms with Gasteiger partial charge in [-0.25, -0.2) is 4.79 Å². The Bertz CT molecular complexity index is 2550. The minimum Gasteiger partial charge on any atom is -0.507 e. The first-order valence-electron chi connectivity index (χ1n) is 24.9. The number of aliphatic hydroxyl groups excluding tert-OH is 1. The number of benzene rings is 2. The van der Waals surface area contributed by atoms with E-state index in [4.69, 9.17) is 6.42 Å². The Labute approximate surface area is 400 Å². The minimum atomic E-state index is -0.874. The zero-order valence-corrected chi connectivity index (χ0v) is 40.1. The second-order valence-electron chi connectivity index (χ2n) is 21.8. The molecule has 15 heteroatoms. The molecule has 1 saturated carbocycles. The molecule has 0 radical (unpaired) electrons. The average Bonchev–Trinajstić information content (AvgIpc) is 3.90. The summed E-state index contributed by atoms with van der Waals surface area (Å²) in [7, 11) is 0. The second kappa shape index (κ2) is 18.4. The Morgan fingerprint density at radius 2 is 1.63 bits per heavy atom. The number of para-hydroxylation sites is 1. The molecule has 360 valence electrons. The van der Waals surface area contributed by atoms with Crippen molar-refractivity contribution in [1.29, 1.82) is 0 Å². The highest BCUT2D eigenvalue weighted by Gasteiger charge is 2.55. The van der Waals surface area contributed by atoms with E-state index in [1.165, 1.54) is 41.8 Å². The van der Waals surface area contributed by atoms with E-state index in [2.05, 4.69) is 59.4 Å². The summed E-state index contributed by atoms with van der Waals surface area (Å²) in [5.41, 5.74) is 6.21. The number of rotatable bonds is 9. The van der Waals surface area contributed by atoms with Crippen molar-refractivity contribution < 1.29 is 24.6 Å². The summed E-state index contributed by atoms with van der Waals surface area (Å²) < 4.78 is 0. The van der Waals surface area contributed by atoms with E-state index in [9.17, 15) is 24.6 Å². The first kappa shape index (κ1) is 46.2. The van der Waals surface area contributed by atoms with Gasteiger partial charge in [0.1, 0.15) is 17.8 Å². The van der Waals surface area contributed by atoms with Gasteiger partial charge in [0.25, 0.3) is 0 Å². The van der Waals surface area contributed by atoms with Gasteiger partial charge in [-0.3, -0.25) is 19.4 Å². The number of piperidine rings is 2. The first-order chi connectivity index (χ1) is 32.7. The van der Waals surface area contributed by atoms with Gasteiger partial charge in [0.05, 0.1) is 11.8 Å². The van der Waals surface area contributed by atoms with Crippen LogP contribution in [0.25, 0.3) is 22.3 Å². The number of aromatic amines is 1. The molecule has 4 saturated heterocycles. The van der Waals surface area contributed by atoms with Crippen LogP contribution < -0.4 is 10.6 Å². The summed E-state index contributed by atoms with van der Waals surface area (Å²) >= 11 is 0. The van der Waals surface area contributed by atoms with Gasteiger partial charge >= 0.3 is 6.03 Å². The number of carbonyl (C=O) groups excluding carboxylic acids is 3. The minimum absolute atomic E-state index is 0.0343. The van der Waals surface area contributed by atoms with Crippen LogP contribution in [0.3, 0.4) is 0 Å². The summed E-state index contributed by atoms with van der Waals surface area (Å²) in [5, 5.41) is 37.2. The maximum Gasteiger partial charge on any atom is 0.318 e. The smallest absolute Gasteiger partial charge is 0.318 e. The number of H-pyrrole nitrogens is 1. The number of likely N-dealkylation sites (tertiary alicyclic amines) is 4. The monoisotopic (exact) mass is 925 g/mol. The van der Waals surface area contributed by atoms with Gasteiger partial charge in [-0.1, -0.05) is 51.0 Å². The number of terminal acetylenes is 1. The van der Waals surface area contributed by atoms with Crippen molar-refractivity contribution in [3.63, 3.8) is 0 Å². The Morgan fingerprint density at radius 1 is 0.926 bits per heavy atom. The van der Waals surface area contributed by atoms with E-state index in [1.807, 2.05) is 68.1 Å². The lowest BCUT2D eigenvalue weighted by molar-refractivity contribution is -0.142. The highest BCUT2D eigenvalue weighted by atomic mass is 16.3. The zero-order valence-electron chi connectivity index (χ0n) is 40.1. The second-order valence-corrected chi connectivity index (χ2v) is 21.8. The van der Waals surface area contributed by atoms with Crippen LogP contribution in [0.1, 0.15) is 101 Å². The van der Waals surface area contributed by atoms with E-state index < -0.39 is 23.6 Å². The van der Waals surface area contributed by atoms with Crippen molar-refractivity contribution in [2.24, 2.45) is 10.8 Å². The number of aromatic nitrogens is 3. The van der Waals surface area contributed by atoms with Crippen LogP contribution in [-0.4, -0.2) is 156 Å². The molecule has 5 N–H and O–H groups in total. The highest BCUT2D eigenvalue weighted by molar-refractivity contribution is 5.93.